The van der Waals surface area contributed by atoms with E-state index in [9.17, 15) is 9.18 Å². The Hall–Kier alpha value is -3.15. The number of hydrogen-bond acceptors (Lipinski definition) is 4. The molecule has 3 heterocycles. The average Bonchev–Trinajstić information content (AvgIpc) is 3.00. The zero-order chi connectivity index (χ0) is 18.3. The summed E-state index contributed by atoms with van der Waals surface area (Å²) in [6.07, 6.45) is 6.14. The van der Waals surface area contributed by atoms with Crippen LogP contribution in [0.4, 0.5) is 4.39 Å². The number of hydrogen-bond donors (Lipinski definition) is 0. The molecule has 0 fully saturated rings. The van der Waals surface area contributed by atoms with Crippen LogP contribution in [-0.2, 0) is 13.5 Å². The molecule has 4 rings (SSSR count). The first kappa shape index (κ1) is 16.3. The van der Waals surface area contributed by atoms with Crippen LogP contribution in [0.25, 0.3) is 32.8 Å². The molecule has 1 aromatic carbocycles. The predicted molar refractivity (Wildman–Crippen MR) is 99.8 cm³/mol. The van der Waals surface area contributed by atoms with Gasteiger partial charge in [0.05, 0.1) is 11.7 Å². The zero-order valence-corrected chi connectivity index (χ0v) is 14.5. The Morgan fingerprint density at radius 1 is 1.08 bits per heavy atom. The lowest BCUT2D eigenvalue weighted by atomic mass is 10.1. The highest BCUT2D eigenvalue weighted by molar-refractivity contribution is 5.92. The maximum absolute atomic E-state index is 13.3. The molecule has 3 aromatic heterocycles. The van der Waals surface area contributed by atoms with Crippen LogP contribution in [0.1, 0.15) is 12.6 Å². The van der Waals surface area contributed by atoms with Crippen molar-refractivity contribution in [2.45, 2.75) is 19.5 Å². The molecule has 5 nitrogen and oxygen atoms in total. The van der Waals surface area contributed by atoms with E-state index < -0.39 is 6.17 Å². The van der Waals surface area contributed by atoms with Gasteiger partial charge in [0.15, 0.2) is 5.43 Å². The lowest BCUT2D eigenvalue weighted by Gasteiger charge is -2.02. The molecule has 4 aromatic rings. The van der Waals surface area contributed by atoms with Gasteiger partial charge in [-0.25, -0.2) is 4.39 Å². The molecule has 0 aliphatic carbocycles. The molecular weight excluding hydrogens is 331 g/mol. The van der Waals surface area contributed by atoms with Gasteiger partial charge in [0.2, 0.25) is 0 Å². The number of halogens is 1. The van der Waals surface area contributed by atoms with E-state index in [-0.39, 0.29) is 11.8 Å². The molecular formula is C20H17FN4O. The molecule has 0 spiro atoms. The average molecular weight is 348 g/mol. The maximum Gasteiger partial charge on any atom is 0.195 e. The van der Waals surface area contributed by atoms with Gasteiger partial charge in [0, 0.05) is 65.0 Å². The highest BCUT2D eigenvalue weighted by atomic mass is 19.1. The van der Waals surface area contributed by atoms with Crippen molar-refractivity contribution >= 4 is 21.7 Å². The minimum Gasteiger partial charge on any atom is -0.289 e. The fourth-order valence-corrected chi connectivity index (χ4v) is 3.07. The number of nitrogens with zero attached hydrogens (tertiary/aromatic N) is 4. The summed E-state index contributed by atoms with van der Waals surface area (Å²) in [7, 11) is 1.84. The van der Waals surface area contributed by atoms with Crippen LogP contribution in [0.15, 0.2) is 53.8 Å². The van der Waals surface area contributed by atoms with Gasteiger partial charge in [-0.1, -0.05) is 6.07 Å². The van der Waals surface area contributed by atoms with Crippen molar-refractivity contribution in [3.63, 3.8) is 0 Å². The molecule has 0 amide bonds. The number of alkyl halides is 1. The van der Waals surface area contributed by atoms with Crippen molar-refractivity contribution in [2.75, 3.05) is 0 Å². The van der Waals surface area contributed by atoms with Crippen molar-refractivity contribution in [1.29, 1.82) is 0 Å². The van der Waals surface area contributed by atoms with E-state index >= 15 is 0 Å². The fraction of sp³-hybridized carbons (Fsp3) is 0.200. The summed E-state index contributed by atoms with van der Waals surface area (Å²) in [6, 6.07) is 7.15. The molecule has 0 N–H and O–H groups in total. The lowest BCUT2D eigenvalue weighted by molar-refractivity contribution is 0.358. The molecule has 130 valence electrons. The third kappa shape index (κ3) is 2.94. The minimum atomic E-state index is -1.01. The molecule has 0 radical (unpaired) electrons. The van der Waals surface area contributed by atoms with Crippen molar-refractivity contribution < 1.29 is 4.39 Å². The minimum absolute atomic E-state index is 0.131. The summed E-state index contributed by atoms with van der Waals surface area (Å²) in [5.74, 6) is 0. The molecule has 0 saturated heterocycles. The molecule has 26 heavy (non-hydrogen) atoms. The summed E-state index contributed by atoms with van der Waals surface area (Å²) in [4.78, 5) is 21.8. The normalized spacial score (nSPS) is 12.6. The van der Waals surface area contributed by atoms with E-state index in [1.165, 1.54) is 6.92 Å². The molecule has 0 saturated carbocycles. The van der Waals surface area contributed by atoms with Gasteiger partial charge in [-0.15, -0.1) is 0 Å². The van der Waals surface area contributed by atoms with Crippen LogP contribution in [0.2, 0.25) is 0 Å². The largest absolute Gasteiger partial charge is 0.289 e. The summed E-state index contributed by atoms with van der Waals surface area (Å²) < 4.78 is 15.0. The second-order valence-electron chi connectivity index (χ2n) is 6.47. The Labute approximate surface area is 149 Å². The molecule has 6 heteroatoms. The second kappa shape index (κ2) is 6.29. The van der Waals surface area contributed by atoms with Gasteiger partial charge in [-0.05, 0) is 25.1 Å². The third-order valence-corrected chi connectivity index (χ3v) is 4.35. The maximum atomic E-state index is 13.3. The van der Waals surface area contributed by atoms with Crippen LogP contribution < -0.4 is 5.43 Å². The molecule has 1 unspecified atom stereocenters. The van der Waals surface area contributed by atoms with Gasteiger partial charge < -0.3 is 0 Å². The van der Waals surface area contributed by atoms with Gasteiger partial charge in [-0.3, -0.25) is 19.4 Å². The van der Waals surface area contributed by atoms with Crippen LogP contribution in [-0.4, -0.2) is 25.9 Å². The van der Waals surface area contributed by atoms with Crippen LogP contribution in [0, 0.1) is 0 Å². The monoisotopic (exact) mass is 348 g/mol. The molecule has 1 atom stereocenters. The van der Waals surface area contributed by atoms with E-state index in [1.807, 2.05) is 31.4 Å². The van der Waals surface area contributed by atoms with Gasteiger partial charge >= 0.3 is 0 Å². The Balaban J connectivity index is 1.98. The standard InChI is InChI=1S/C20H17FN4O/c1-12(21)5-16-7-17-13(8-22-16)3-4-19-18(20(17)26)6-14(9-23-19)15-10-24-25(2)11-15/h3-4,6-12H,5H2,1-2H3. The lowest BCUT2D eigenvalue weighted by Crippen LogP contribution is -2.04. The molecule has 0 aliphatic rings. The Morgan fingerprint density at radius 3 is 2.65 bits per heavy atom. The summed E-state index contributed by atoms with van der Waals surface area (Å²) in [5.41, 5.74) is 2.77. The van der Waals surface area contributed by atoms with Crippen LogP contribution >= 0.6 is 0 Å². The smallest absolute Gasteiger partial charge is 0.195 e. The van der Waals surface area contributed by atoms with E-state index in [0.717, 1.165) is 11.1 Å². The van der Waals surface area contributed by atoms with Crippen molar-refractivity contribution in [1.82, 2.24) is 19.7 Å². The number of aromatic nitrogens is 4. The Bertz CT molecular complexity index is 1180. The first-order valence-electron chi connectivity index (χ1n) is 8.36. The summed E-state index contributed by atoms with van der Waals surface area (Å²) in [6.45, 7) is 1.48. The number of fused-ring (bicyclic) bond motifs is 2. The molecule has 0 aliphatic heterocycles. The highest BCUT2D eigenvalue weighted by Gasteiger charge is 2.09. The van der Waals surface area contributed by atoms with Crippen LogP contribution in [0.5, 0.6) is 0 Å². The first-order valence-corrected chi connectivity index (χ1v) is 8.36. The summed E-state index contributed by atoms with van der Waals surface area (Å²) in [5, 5.41) is 5.92. The van der Waals surface area contributed by atoms with E-state index in [1.54, 1.807) is 29.3 Å². The second-order valence-corrected chi connectivity index (χ2v) is 6.47. The summed E-state index contributed by atoms with van der Waals surface area (Å²) >= 11 is 0. The van der Waals surface area contributed by atoms with Crippen LogP contribution in [0.3, 0.4) is 0 Å². The highest BCUT2D eigenvalue weighted by Crippen LogP contribution is 2.22. The SMILES string of the molecule is CC(F)Cc1cc2c(=O)c3cc(-c4cnn(C)c4)cnc3ccc2cn1. The number of pyridine rings is 2. The van der Waals surface area contributed by atoms with E-state index in [2.05, 4.69) is 15.1 Å². The molecule has 0 bridgehead atoms. The van der Waals surface area contributed by atoms with Gasteiger partial charge in [-0.2, -0.15) is 5.10 Å². The third-order valence-electron chi connectivity index (χ3n) is 4.35. The van der Waals surface area contributed by atoms with Crippen molar-refractivity contribution in [3.05, 3.63) is 65.0 Å². The van der Waals surface area contributed by atoms with Crippen molar-refractivity contribution in [2.24, 2.45) is 7.05 Å². The quantitative estimate of drug-likeness (QED) is 0.569. The first-order chi connectivity index (χ1) is 12.5. The van der Waals surface area contributed by atoms with E-state index in [0.29, 0.717) is 27.4 Å². The van der Waals surface area contributed by atoms with Gasteiger partial charge in [0.1, 0.15) is 6.17 Å². The van der Waals surface area contributed by atoms with E-state index in [4.69, 9.17) is 0 Å². The Morgan fingerprint density at radius 2 is 1.92 bits per heavy atom. The number of rotatable bonds is 3. The Kier molecular flexibility index (Phi) is 3.95. The number of aryl methyl sites for hydroxylation is 1. The topological polar surface area (TPSA) is 60.7 Å². The predicted octanol–water partition coefficient (Wildman–Crippen LogP) is 3.44. The van der Waals surface area contributed by atoms with Crippen molar-refractivity contribution in [3.8, 4) is 11.1 Å². The zero-order valence-electron chi connectivity index (χ0n) is 14.5. The van der Waals surface area contributed by atoms with Gasteiger partial charge in [0.25, 0.3) is 0 Å². The fourth-order valence-electron chi connectivity index (χ4n) is 3.07.